The Morgan fingerprint density at radius 1 is 0.463 bits per heavy atom. The van der Waals surface area contributed by atoms with E-state index in [0.717, 1.165) is 12.1 Å². The van der Waals surface area contributed by atoms with Crippen LogP contribution >= 0.6 is 0 Å². The molecule has 8 heteroatoms. The summed E-state index contributed by atoms with van der Waals surface area (Å²) in [5.74, 6) is 0. The molecule has 0 radical (unpaired) electrons. The molecule has 4 rings (SSSR count). The zero-order valence-corrected chi connectivity index (χ0v) is 30.9. The van der Waals surface area contributed by atoms with Gasteiger partial charge in [-0.3, -0.25) is 0 Å². The van der Waals surface area contributed by atoms with Crippen LogP contribution in [0.5, 0.6) is 0 Å². The van der Waals surface area contributed by atoms with Crippen molar-refractivity contribution >= 4 is 63.3 Å². The van der Waals surface area contributed by atoms with Crippen molar-refractivity contribution in [2.75, 3.05) is 0 Å². The Bertz CT molecular complexity index is 1270. The quantitative estimate of drug-likeness (QED) is 0.168. The molecule has 0 unspecified atom stereocenters. The second-order valence-electron chi connectivity index (χ2n) is 12.5. The monoisotopic (exact) mass is 630 g/mol. The first-order chi connectivity index (χ1) is 19.5. The third-order valence-electron chi connectivity index (χ3n) is 7.59. The Morgan fingerprint density at radius 2 is 0.780 bits per heavy atom. The highest BCUT2D eigenvalue weighted by molar-refractivity contribution is 7.02. The van der Waals surface area contributed by atoms with Gasteiger partial charge in [-0.1, -0.05) is 121 Å². The molecule has 216 valence electrons. The number of hydrogen-bond donors (Lipinski definition) is 0. The van der Waals surface area contributed by atoms with Crippen molar-refractivity contribution in [1.29, 1.82) is 0 Å². The Labute approximate surface area is 253 Å². The molecule has 0 aliphatic rings. The first kappa shape index (κ1) is 31.8. The predicted molar refractivity (Wildman–Crippen MR) is 188 cm³/mol. The van der Waals surface area contributed by atoms with Gasteiger partial charge < -0.3 is 12.3 Å². The molecule has 0 aliphatic heterocycles. The van der Waals surface area contributed by atoms with Crippen LogP contribution in [0.1, 0.15) is 0 Å². The summed E-state index contributed by atoms with van der Waals surface area (Å²) < 4.78 is 21.9. The van der Waals surface area contributed by atoms with Crippen molar-refractivity contribution in [2.45, 2.75) is 57.9 Å². The molecule has 0 bridgehead atoms. The topological polar surface area (TPSA) is 27.7 Å². The summed E-state index contributed by atoms with van der Waals surface area (Å²) in [7, 11) is -11.0. The van der Waals surface area contributed by atoms with Gasteiger partial charge in [-0.2, -0.15) is 0 Å². The maximum absolute atomic E-state index is 7.47. The minimum Gasteiger partial charge on any atom is -0.449 e. The Balaban J connectivity index is 1.62. The van der Waals surface area contributed by atoms with Crippen molar-refractivity contribution < 1.29 is 12.3 Å². The van der Waals surface area contributed by atoms with Gasteiger partial charge in [0.25, 0.3) is 0 Å². The first-order valence-electron chi connectivity index (χ1n) is 14.8. The number of rotatable bonds is 13. The highest BCUT2D eigenvalue weighted by Crippen LogP contribution is 2.28. The third-order valence-corrected chi connectivity index (χ3v) is 26.5. The van der Waals surface area contributed by atoms with Gasteiger partial charge >= 0.3 is 8.56 Å². The Kier molecular flexibility index (Phi) is 10.4. The van der Waals surface area contributed by atoms with E-state index in [1.807, 2.05) is 0 Å². The Morgan fingerprint density at radius 3 is 1.12 bits per heavy atom. The van der Waals surface area contributed by atoms with E-state index in [-0.39, 0.29) is 0 Å². The highest BCUT2D eigenvalue weighted by atomic mass is 28.5. The van der Waals surface area contributed by atoms with E-state index < -0.39 is 42.6 Å². The molecule has 0 saturated carbocycles. The second-order valence-corrected chi connectivity index (χ2v) is 30.8. The van der Waals surface area contributed by atoms with Gasteiger partial charge in [0.05, 0.1) is 0 Å². The number of hydrogen-bond acceptors (Lipinski definition) is 3. The zero-order chi connectivity index (χ0) is 29.6. The van der Waals surface area contributed by atoms with Gasteiger partial charge in [0.2, 0.25) is 8.32 Å². The van der Waals surface area contributed by atoms with Crippen LogP contribution in [0.25, 0.3) is 0 Å². The molecule has 0 aliphatic carbocycles. The van der Waals surface area contributed by atoms with Gasteiger partial charge in [0, 0.05) is 0 Å². The van der Waals surface area contributed by atoms with Crippen molar-refractivity contribution in [2.24, 2.45) is 0 Å². The molecular formula is C33H46O3Si5. The molecule has 0 heterocycles. The van der Waals surface area contributed by atoms with Crippen molar-refractivity contribution in [3.05, 3.63) is 121 Å². The zero-order valence-electron chi connectivity index (χ0n) is 25.8. The van der Waals surface area contributed by atoms with Crippen molar-refractivity contribution in [3.8, 4) is 0 Å². The van der Waals surface area contributed by atoms with Crippen LogP contribution < -0.4 is 20.7 Å². The van der Waals surface area contributed by atoms with E-state index in [4.69, 9.17) is 12.3 Å². The van der Waals surface area contributed by atoms with Crippen LogP contribution in [0.2, 0.25) is 57.9 Å². The molecule has 3 nitrogen and oxygen atoms in total. The fraction of sp³-hybridized carbons (Fsp3) is 0.273. The summed E-state index contributed by atoms with van der Waals surface area (Å²) in [5, 5.41) is 5.06. The van der Waals surface area contributed by atoms with Crippen LogP contribution in [0.15, 0.2) is 121 Å². The molecule has 0 spiro atoms. The smallest absolute Gasteiger partial charge is 0.386 e. The van der Waals surface area contributed by atoms with Gasteiger partial charge in [-0.15, -0.1) is 0 Å². The fourth-order valence-corrected chi connectivity index (χ4v) is 28.5. The van der Waals surface area contributed by atoms with E-state index in [9.17, 15) is 0 Å². The van der Waals surface area contributed by atoms with Crippen LogP contribution in [-0.4, -0.2) is 42.6 Å². The summed E-state index contributed by atoms with van der Waals surface area (Å²) in [5.41, 5.74) is 0. The maximum atomic E-state index is 7.47. The average molecular weight is 631 g/mol. The van der Waals surface area contributed by atoms with E-state index in [1.165, 1.54) is 20.7 Å². The van der Waals surface area contributed by atoms with Gasteiger partial charge in [0.15, 0.2) is 25.7 Å². The lowest BCUT2D eigenvalue weighted by molar-refractivity contribution is 0.419. The van der Waals surface area contributed by atoms with Gasteiger partial charge in [-0.05, 0) is 78.7 Å². The Hall–Kier alpha value is -2.16. The first-order valence-corrected chi connectivity index (χ1v) is 28.0. The summed E-state index contributed by atoms with van der Waals surface area (Å²) in [6.07, 6.45) is 0. The fourth-order valence-electron chi connectivity index (χ4n) is 5.53. The van der Waals surface area contributed by atoms with Crippen molar-refractivity contribution in [3.63, 3.8) is 0 Å². The summed E-state index contributed by atoms with van der Waals surface area (Å²) in [6.45, 7) is 16.4. The molecule has 0 amide bonds. The lowest BCUT2D eigenvalue weighted by Gasteiger charge is -2.42. The molecule has 4 aromatic carbocycles. The number of benzene rings is 4. The molecule has 0 atom stereocenters. The molecule has 41 heavy (non-hydrogen) atoms. The van der Waals surface area contributed by atoms with E-state index in [2.05, 4.69) is 167 Å². The second kappa shape index (κ2) is 13.4. The van der Waals surface area contributed by atoms with Crippen LogP contribution in [-0.2, 0) is 12.3 Å². The summed E-state index contributed by atoms with van der Waals surface area (Å²) in [6, 6.07) is 45.3. The highest BCUT2D eigenvalue weighted by Gasteiger charge is 2.48. The molecule has 0 N–H and O–H groups in total. The van der Waals surface area contributed by atoms with Crippen molar-refractivity contribution in [1.82, 2.24) is 0 Å². The van der Waals surface area contributed by atoms with E-state index in [1.54, 1.807) is 0 Å². The third kappa shape index (κ3) is 8.02. The lowest BCUT2D eigenvalue weighted by Crippen LogP contribution is -2.68. The van der Waals surface area contributed by atoms with Crippen LogP contribution in [0.3, 0.4) is 0 Å². The lowest BCUT2D eigenvalue weighted by atomic mass is 10.4. The van der Waals surface area contributed by atoms with Crippen LogP contribution in [0.4, 0.5) is 0 Å². The minimum atomic E-state index is -2.89. The normalized spacial score (nSPS) is 13.0. The summed E-state index contributed by atoms with van der Waals surface area (Å²) in [4.78, 5) is 0. The molecule has 0 fully saturated rings. The van der Waals surface area contributed by atoms with E-state index >= 15 is 0 Å². The molecule has 4 aromatic rings. The van der Waals surface area contributed by atoms with Gasteiger partial charge in [-0.25, -0.2) is 0 Å². The maximum Gasteiger partial charge on any atom is 0.386 e. The minimum absolute atomic E-state index is 1.04. The largest absolute Gasteiger partial charge is 0.449 e. The summed E-state index contributed by atoms with van der Waals surface area (Å²) >= 11 is 0. The molecule has 0 aromatic heterocycles. The standard InChI is InChI=1S/C33H46O3Si5/c1-37(2)34-41(32-24-16-10-17-25-32,33-26-18-11-19-27-33)36-39(5,6)29-28-38(3,4)35-40(7,30-20-12-8-13-21-30)31-22-14-9-15-23-31/h8-27,37H,28-29H2,1-7H3. The average Bonchev–Trinajstić information content (AvgIpc) is 2.97. The van der Waals surface area contributed by atoms with Crippen LogP contribution in [0, 0.1) is 0 Å². The predicted octanol–water partition coefficient (Wildman–Crippen LogP) is 6.08. The molecular weight excluding hydrogens is 585 g/mol. The van der Waals surface area contributed by atoms with Gasteiger partial charge in [0.1, 0.15) is 0 Å². The van der Waals surface area contributed by atoms with E-state index in [0.29, 0.717) is 0 Å². The SMILES string of the molecule is C[SiH](C)O[Si](O[Si](C)(C)CC[Si](C)(C)O[Si](C)(c1ccccc1)c1ccccc1)(c1ccccc1)c1ccccc1. The molecule has 0 saturated heterocycles.